The van der Waals surface area contributed by atoms with Gasteiger partial charge in [0.2, 0.25) is 10.0 Å². The molecule has 0 radical (unpaired) electrons. The van der Waals surface area contributed by atoms with Gasteiger partial charge in [-0.25, -0.2) is 17.5 Å². The number of hydrogen-bond donors (Lipinski definition) is 0. The lowest BCUT2D eigenvalue weighted by Crippen LogP contribution is -2.53. The molecule has 1 aromatic carbocycles. The van der Waals surface area contributed by atoms with Crippen LogP contribution in [0.15, 0.2) is 77.7 Å². The van der Waals surface area contributed by atoms with Crippen LogP contribution in [-0.2, 0) is 23.0 Å². The molecule has 2 aliphatic rings. The number of nitrogens with zero attached hydrogens (tertiary/aromatic N) is 6. The molecule has 1 atom stereocenters. The van der Waals surface area contributed by atoms with Gasteiger partial charge in [-0.05, 0) is 67.8 Å². The number of aromatic nitrogens is 5. The van der Waals surface area contributed by atoms with E-state index in [1.807, 2.05) is 13.0 Å². The number of Topliss-reactive ketones (excluding diaryl/α,β-unsaturated/α-hetero) is 1. The lowest BCUT2D eigenvalue weighted by Gasteiger charge is -2.44. The minimum Gasteiger partial charge on any atom is -0.291 e. The fraction of sp³-hybridized carbons (Fsp3) is 0.259. The maximum Gasteiger partial charge on any atom is 0.246 e. The molecule has 4 aromatic rings. The van der Waals surface area contributed by atoms with Crippen LogP contribution in [0.25, 0.3) is 11.8 Å². The van der Waals surface area contributed by atoms with Crippen molar-refractivity contribution in [2.45, 2.75) is 31.2 Å². The van der Waals surface area contributed by atoms with Crippen molar-refractivity contribution in [2.24, 2.45) is 5.41 Å². The summed E-state index contributed by atoms with van der Waals surface area (Å²) in [5, 5.41) is 8.66. The third-order valence-electron chi connectivity index (χ3n) is 7.36. The number of ketones is 1. The lowest BCUT2D eigenvalue weighted by molar-refractivity contribution is 0.0770. The number of aryl methyl sites for hydroxylation is 1. The maximum absolute atomic E-state index is 14.1. The summed E-state index contributed by atoms with van der Waals surface area (Å²) in [6.45, 7) is 2.64. The van der Waals surface area contributed by atoms with E-state index in [-0.39, 0.29) is 41.7 Å². The van der Waals surface area contributed by atoms with E-state index in [1.54, 1.807) is 52.1 Å². The van der Waals surface area contributed by atoms with Gasteiger partial charge in [0.25, 0.3) is 0 Å². The normalized spacial score (nSPS) is 19.5. The van der Waals surface area contributed by atoms with Gasteiger partial charge in [-0.1, -0.05) is 11.6 Å². The molecule has 194 valence electrons. The molecular formula is C27H25FN6O3S. The third-order valence-corrected chi connectivity index (χ3v) is 9.15. The van der Waals surface area contributed by atoms with Crippen LogP contribution in [0.2, 0.25) is 0 Å². The SMILES string of the molecule is CCn1cc(S(=O)(=O)N2CCC3=Cc4c(cnn4-c4ccc(F)cc4)C[C@]3(C(=O)c3ccccn3)C2)cn1. The van der Waals surface area contributed by atoms with Gasteiger partial charge in [0.05, 0.1) is 29.2 Å². The van der Waals surface area contributed by atoms with Crippen molar-refractivity contribution in [3.63, 3.8) is 0 Å². The molecule has 1 aliphatic carbocycles. The Hall–Kier alpha value is -3.96. The van der Waals surface area contributed by atoms with E-state index in [0.29, 0.717) is 18.7 Å². The maximum atomic E-state index is 14.1. The van der Waals surface area contributed by atoms with Crippen molar-refractivity contribution in [3.05, 3.63) is 95.6 Å². The summed E-state index contributed by atoms with van der Waals surface area (Å²) in [6.07, 6.45) is 8.69. The van der Waals surface area contributed by atoms with Crippen molar-refractivity contribution in [1.82, 2.24) is 28.9 Å². The number of benzene rings is 1. The Bertz CT molecular complexity index is 1660. The van der Waals surface area contributed by atoms with Crippen molar-refractivity contribution in [2.75, 3.05) is 13.1 Å². The van der Waals surface area contributed by atoms with Crippen LogP contribution in [0.1, 0.15) is 35.1 Å². The van der Waals surface area contributed by atoms with Crippen LogP contribution in [0.3, 0.4) is 0 Å². The summed E-state index contributed by atoms with van der Waals surface area (Å²) < 4.78 is 45.5. The van der Waals surface area contributed by atoms with Gasteiger partial charge >= 0.3 is 0 Å². The molecule has 1 fully saturated rings. The van der Waals surface area contributed by atoms with Gasteiger partial charge in [0, 0.05) is 32.0 Å². The summed E-state index contributed by atoms with van der Waals surface area (Å²) in [4.78, 5) is 18.5. The number of carbonyl (C=O) groups excluding carboxylic acids is 1. The average Bonchev–Trinajstić information content (AvgIpc) is 3.59. The molecule has 0 spiro atoms. The summed E-state index contributed by atoms with van der Waals surface area (Å²) in [6, 6.07) is 11.2. The second-order valence-corrected chi connectivity index (χ2v) is 11.5. The number of piperidine rings is 1. The van der Waals surface area contributed by atoms with E-state index >= 15 is 0 Å². The molecule has 0 unspecified atom stereocenters. The first-order valence-electron chi connectivity index (χ1n) is 12.3. The van der Waals surface area contributed by atoms with Gasteiger partial charge in [0.15, 0.2) is 5.78 Å². The Labute approximate surface area is 219 Å². The van der Waals surface area contributed by atoms with E-state index in [1.165, 1.54) is 28.8 Å². The monoisotopic (exact) mass is 532 g/mol. The fourth-order valence-electron chi connectivity index (χ4n) is 5.35. The van der Waals surface area contributed by atoms with E-state index < -0.39 is 15.4 Å². The molecule has 9 nitrogen and oxygen atoms in total. The Kier molecular flexibility index (Phi) is 5.84. The van der Waals surface area contributed by atoms with E-state index in [2.05, 4.69) is 15.2 Å². The number of rotatable bonds is 6. The molecule has 1 saturated heterocycles. The summed E-state index contributed by atoms with van der Waals surface area (Å²) in [5.41, 5.74) is 2.29. The number of sulfonamides is 1. The number of pyridine rings is 1. The average molecular weight is 533 g/mol. The molecule has 4 heterocycles. The number of hydrogen-bond acceptors (Lipinski definition) is 6. The second-order valence-electron chi connectivity index (χ2n) is 9.54. The highest BCUT2D eigenvalue weighted by atomic mass is 32.2. The van der Waals surface area contributed by atoms with E-state index in [0.717, 1.165) is 16.8 Å². The van der Waals surface area contributed by atoms with Crippen LogP contribution in [0.5, 0.6) is 0 Å². The number of carbonyl (C=O) groups is 1. The first-order chi connectivity index (χ1) is 18.3. The summed E-state index contributed by atoms with van der Waals surface area (Å²) in [5.74, 6) is -0.570. The van der Waals surface area contributed by atoms with Crippen molar-refractivity contribution < 1.29 is 17.6 Å². The van der Waals surface area contributed by atoms with Gasteiger partial charge in [0.1, 0.15) is 16.4 Å². The third kappa shape index (κ3) is 3.89. The zero-order valence-corrected chi connectivity index (χ0v) is 21.5. The molecule has 0 amide bonds. The summed E-state index contributed by atoms with van der Waals surface area (Å²) >= 11 is 0. The van der Waals surface area contributed by atoms with Gasteiger partial charge in [-0.3, -0.25) is 14.5 Å². The molecule has 11 heteroatoms. The number of fused-ring (bicyclic) bond motifs is 2. The molecule has 38 heavy (non-hydrogen) atoms. The molecule has 1 aliphatic heterocycles. The van der Waals surface area contributed by atoms with Crippen molar-refractivity contribution in [3.8, 4) is 5.69 Å². The molecule has 6 rings (SSSR count). The Morgan fingerprint density at radius 2 is 1.92 bits per heavy atom. The van der Waals surface area contributed by atoms with Gasteiger partial charge in [-0.15, -0.1) is 0 Å². The largest absolute Gasteiger partial charge is 0.291 e. The van der Waals surface area contributed by atoms with Crippen molar-refractivity contribution in [1.29, 1.82) is 0 Å². The Morgan fingerprint density at radius 3 is 2.63 bits per heavy atom. The zero-order chi connectivity index (χ0) is 26.5. The lowest BCUT2D eigenvalue weighted by atomic mass is 9.65. The predicted molar refractivity (Wildman–Crippen MR) is 137 cm³/mol. The van der Waals surface area contributed by atoms with Crippen LogP contribution >= 0.6 is 0 Å². The van der Waals surface area contributed by atoms with Crippen LogP contribution in [0.4, 0.5) is 4.39 Å². The minimum absolute atomic E-state index is 0.0188. The first kappa shape index (κ1) is 24.4. The standard InChI is InChI=1S/C27H25FN6O3S/c1-2-32-17-23(16-30-32)38(36,37)33-12-10-20-13-25-19(15-31-34(25)22-8-6-21(28)7-9-22)14-27(20,18-33)26(35)24-5-3-4-11-29-24/h3-9,11,13,15-17H,2,10,12,14,18H2,1H3/t27-/m0/s1. The smallest absolute Gasteiger partial charge is 0.246 e. The van der Waals surface area contributed by atoms with Crippen LogP contribution < -0.4 is 0 Å². The highest BCUT2D eigenvalue weighted by Crippen LogP contribution is 2.47. The second kappa shape index (κ2) is 9.10. The Balaban J connectivity index is 1.44. The zero-order valence-electron chi connectivity index (χ0n) is 20.7. The van der Waals surface area contributed by atoms with Gasteiger partial charge in [-0.2, -0.15) is 14.5 Å². The number of halogens is 1. The van der Waals surface area contributed by atoms with E-state index in [9.17, 15) is 17.6 Å². The minimum atomic E-state index is -3.88. The Morgan fingerprint density at radius 1 is 1.11 bits per heavy atom. The molecule has 0 saturated carbocycles. The molecule has 0 bridgehead atoms. The van der Waals surface area contributed by atoms with Crippen LogP contribution in [0, 0.1) is 11.2 Å². The first-order valence-corrected chi connectivity index (χ1v) is 13.8. The van der Waals surface area contributed by atoms with Crippen molar-refractivity contribution >= 4 is 21.9 Å². The fourth-order valence-corrected chi connectivity index (χ4v) is 6.81. The topological polar surface area (TPSA) is 103 Å². The molecule has 0 N–H and O–H groups in total. The van der Waals surface area contributed by atoms with E-state index in [4.69, 9.17) is 0 Å². The van der Waals surface area contributed by atoms with Gasteiger partial charge < -0.3 is 0 Å². The quantitative estimate of drug-likeness (QED) is 0.352. The predicted octanol–water partition coefficient (Wildman–Crippen LogP) is 3.53. The highest BCUT2D eigenvalue weighted by Gasteiger charge is 2.51. The molecule has 3 aromatic heterocycles. The summed E-state index contributed by atoms with van der Waals surface area (Å²) in [7, 11) is -3.88. The highest BCUT2D eigenvalue weighted by molar-refractivity contribution is 7.89. The van der Waals surface area contributed by atoms with Crippen LogP contribution in [-0.4, -0.2) is 56.1 Å². The molecular weight excluding hydrogens is 507 g/mol.